The molecule has 1 aliphatic rings. The molecule has 1 N–H and O–H groups in total. The summed E-state index contributed by atoms with van der Waals surface area (Å²) in [7, 11) is 0. The van der Waals surface area contributed by atoms with E-state index in [0.29, 0.717) is 31.3 Å². The van der Waals surface area contributed by atoms with Gasteiger partial charge in [0.25, 0.3) is 0 Å². The van der Waals surface area contributed by atoms with E-state index in [1.54, 1.807) is 0 Å². The number of ether oxygens (including phenoxy) is 1. The number of unbranched alkanes of at least 4 members (excludes halogenated alkanes) is 6. The topological polar surface area (TPSA) is 63.6 Å². The number of allylic oxidation sites excluding steroid dienone is 6. The van der Waals surface area contributed by atoms with Gasteiger partial charge in [-0.2, -0.15) is 0 Å². The fourth-order valence-corrected chi connectivity index (χ4v) is 6.80. The second kappa shape index (κ2) is 22.5. The van der Waals surface area contributed by atoms with Crippen LogP contribution in [0.2, 0.25) is 0 Å². The van der Waals surface area contributed by atoms with Crippen molar-refractivity contribution in [3.05, 3.63) is 46.1 Å². The Balaban J connectivity index is 2.73. The van der Waals surface area contributed by atoms with E-state index in [-0.39, 0.29) is 11.4 Å². The zero-order valence-electron chi connectivity index (χ0n) is 29.9. The molecular weight excluding hydrogens is 544 g/mol. The molecule has 44 heavy (non-hydrogen) atoms. The van der Waals surface area contributed by atoms with Gasteiger partial charge in [-0.15, -0.1) is 0 Å². The molecule has 0 radical (unpaired) electrons. The highest BCUT2D eigenvalue weighted by molar-refractivity contribution is 5.74. The van der Waals surface area contributed by atoms with Crippen LogP contribution in [0, 0.1) is 17.3 Å². The summed E-state index contributed by atoms with van der Waals surface area (Å²) in [6.07, 6.45) is 24.6. The quantitative estimate of drug-likeness (QED) is 0.0434. The van der Waals surface area contributed by atoms with E-state index in [0.717, 1.165) is 81.6 Å². The summed E-state index contributed by atoms with van der Waals surface area (Å²) in [4.78, 5) is 24.2. The minimum Gasteiger partial charge on any atom is -0.466 e. The first-order valence-electron chi connectivity index (χ1n) is 17.9. The minimum atomic E-state index is -0.454. The van der Waals surface area contributed by atoms with Crippen LogP contribution >= 0.6 is 0 Å². The average molecular weight is 613 g/mol. The van der Waals surface area contributed by atoms with E-state index in [1.165, 1.54) is 48.8 Å². The number of carbonyl (C=O) groups is 2. The van der Waals surface area contributed by atoms with E-state index in [9.17, 15) is 14.7 Å². The molecule has 0 amide bonds. The molecule has 0 bridgehead atoms. The zero-order valence-corrected chi connectivity index (χ0v) is 29.9. The lowest BCUT2D eigenvalue weighted by molar-refractivity contribution is -0.144. The normalized spacial score (nSPS) is 22.8. The van der Waals surface area contributed by atoms with Crippen molar-refractivity contribution in [1.82, 2.24) is 0 Å². The molecule has 0 aromatic heterocycles. The highest BCUT2D eigenvalue weighted by atomic mass is 16.5. The molecule has 0 spiro atoms. The van der Waals surface area contributed by atoms with Gasteiger partial charge in [0.1, 0.15) is 6.29 Å². The van der Waals surface area contributed by atoms with Crippen LogP contribution in [-0.2, 0) is 14.3 Å². The Hall–Kier alpha value is -1.94. The third kappa shape index (κ3) is 15.4. The van der Waals surface area contributed by atoms with Crippen LogP contribution in [0.1, 0.15) is 165 Å². The molecule has 252 valence electrons. The molecule has 0 aliphatic heterocycles. The minimum absolute atomic E-state index is 0.0444. The molecule has 4 heteroatoms. The van der Waals surface area contributed by atoms with Crippen molar-refractivity contribution in [2.45, 2.75) is 171 Å². The second-order valence-electron chi connectivity index (χ2n) is 14.2. The molecule has 4 atom stereocenters. The predicted molar refractivity (Wildman–Crippen MR) is 188 cm³/mol. The van der Waals surface area contributed by atoms with Crippen LogP contribution < -0.4 is 0 Å². The fraction of sp³-hybridized carbons (Fsp3) is 0.750. The monoisotopic (exact) mass is 613 g/mol. The van der Waals surface area contributed by atoms with Gasteiger partial charge in [0, 0.05) is 6.42 Å². The van der Waals surface area contributed by atoms with Crippen molar-refractivity contribution in [2.24, 2.45) is 17.3 Å². The zero-order chi connectivity index (χ0) is 33.0. The molecule has 1 aliphatic carbocycles. The third-order valence-corrected chi connectivity index (χ3v) is 10.2. The van der Waals surface area contributed by atoms with Gasteiger partial charge in [-0.1, -0.05) is 94.2 Å². The van der Waals surface area contributed by atoms with Crippen LogP contribution in [0.3, 0.4) is 0 Å². The number of aldehydes is 1. The summed E-state index contributed by atoms with van der Waals surface area (Å²) < 4.78 is 5.64. The Morgan fingerprint density at radius 3 is 2.30 bits per heavy atom. The van der Waals surface area contributed by atoms with Crippen LogP contribution in [0.15, 0.2) is 46.1 Å². The maximum absolute atomic E-state index is 12.3. The van der Waals surface area contributed by atoms with Crippen molar-refractivity contribution >= 4 is 12.3 Å². The van der Waals surface area contributed by atoms with E-state index < -0.39 is 6.10 Å². The SMILES string of the molecule is CCCCCCCCCC(=O)OCCC[C@@H]1/C(=C(/C)C=O)CC[C@@H](C)[C@@]1(C)CC/C=C(\C)[C@H](O)C/C=C(\C)CCC=C(C)C. The summed E-state index contributed by atoms with van der Waals surface area (Å²) in [6, 6.07) is 0. The molecule has 1 rings (SSSR count). The van der Waals surface area contributed by atoms with Gasteiger partial charge in [-0.3, -0.25) is 9.59 Å². The number of hydrogen-bond donors (Lipinski definition) is 1. The lowest BCUT2D eigenvalue weighted by atomic mass is 9.56. The Labute approximate surface area is 271 Å². The van der Waals surface area contributed by atoms with Gasteiger partial charge in [-0.05, 0) is 127 Å². The maximum Gasteiger partial charge on any atom is 0.305 e. The summed E-state index contributed by atoms with van der Waals surface area (Å²) in [5, 5.41) is 10.8. The molecule has 4 nitrogen and oxygen atoms in total. The van der Waals surface area contributed by atoms with Crippen molar-refractivity contribution in [3.8, 4) is 0 Å². The highest BCUT2D eigenvalue weighted by Gasteiger charge is 2.43. The molecule has 0 aromatic carbocycles. The standard InChI is InChI=1S/C40H68O4/c1-9-10-11-12-13-14-15-23-39(43)44-29-18-22-37-36(34(6)30-41)26-25-35(7)40(37,8)28-17-21-33(5)38(42)27-24-32(4)20-16-19-31(2)3/h19,21,24,30,35,37-38,42H,9-18,20,22-23,25-29H2,1-8H3/b32-24+,33-21+,36-34-/t35-,37-,38-,40-/m1/s1. The lowest BCUT2D eigenvalue weighted by Gasteiger charge is -2.48. The molecule has 0 unspecified atom stereocenters. The first kappa shape index (κ1) is 40.1. The number of aliphatic hydroxyl groups is 1. The summed E-state index contributed by atoms with van der Waals surface area (Å²) in [6.45, 7) is 17.9. The molecule has 0 saturated heterocycles. The van der Waals surface area contributed by atoms with Crippen molar-refractivity contribution < 1.29 is 19.4 Å². The van der Waals surface area contributed by atoms with E-state index in [1.807, 2.05) is 13.8 Å². The van der Waals surface area contributed by atoms with Crippen LogP contribution in [0.5, 0.6) is 0 Å². The Kier molecular flexibility index (Phi) is 20.5. The van der Waals surface area contributed by atoms with Gasteiger partial charge >= 0.3 is 5.97 Å². The molecular formula is C40H68O4. The lowest BCUT2D eigenvalue weighted by Crippen LogP contribution is -2.39. The summed E-state index contributed by atoms with van der Waals surface area (Å²) in [5.74, 6) is 0.749. The van der Waals surface area contributed by atoms with Crippen molar-refractivity contribution in [2.75, 3.05) is 6.61 Å². The molecule has 0 aromatic rings. The first-order chi connectivity index (χ1) is 21.0. The first-order valence-corrected chi connectivity index (χ1v) is 17.9. The Morgan fingerprint density at radius 2 is 1.64 bits per heavy atom. The number of rotatable bonds is 22. The van der Waals surface area contributed by atoms with E-state index in [4.69, 9.17) is 4.74 Å². The van der Waals surface area contributed by atoms with Gasteiger partial charge < -0.3 is 9.84 Å². The number of aliphatic hydroxyl groups excluding tert-OH is 1. The Bertz CT molecular complexity index is 964. The van der Waals surface area contributed by atoms with Gasteiger partial charge in [0.15, 0.2) is 0 Å². The summed E-state index contributed by atoms with van der Waals surface area (Å²) in [5.41, 5.74) is 5.93. The largest absolute Gasteiger partial charge is 0.466 e. The smallest absolute Gasteiger partial charge is 0.305 e. The molecule has 1 saturated carbocycles. The molecule has 1 fully saturated rings. The number of esters is 1. The van der Waals surface area contributed by atoms with Gasteiger partial charge in [0.2, 0.25) is 0 Å². The second-order valence-corrected chi connectivity index (χ2v) is 14.2. The number of carbonyl (C=O) groups excluding carboxylic acids is 2. The highest BCUT2D eigenvalue weighted by Crippen LogP contribution is 2.53. The third-order valence-electron chi connectivity index (χ3n) is 10.2. The number of hydrogen-bond acceptors (Lipinski definition) is 4. The maximum atomic E-state index is 12.3. The van der Waals surface area contributed by atoms with E-state index in [2.05, 4.69) is 59.8 Å². The van der Waals surface area contributed by atoms with Gasteiger partial charge in [0.05, 0.1) is 12.7 Å². The average Bonchev–Trinajstić information content (AvgIpc) is 2.99. The van der Waals surface area contributed by atoms with Gasteiger partial charge in [-0.25, -0.2) is 0 Å². The van der Waals surface area contributed by atoms with Crippen LogP contribution in [0.25, 0.3) is 0 Å². The predicted octanol–water partition coefficient (Wildman–Crippen LogP) is 11.2. The molecule has 0 heterocycles. The van der Waals surface area contributed by atoms with Crippen LogP contribution in [-0.4, -0.2) is 30.1 Å². The summed E-state index contributed by atoms with van der Waals surface area (Å²) >= 11 is 0. The van der Waals surface area contributed by atoms with Crippen molar-refractivity contribution in [1.29, 1.82) is 0 Å². The fourth-order valence-electron chi connectivity index (χ4n) is 6.80. The van der Waals surface area contributed by atoms with Crippen molar-refractivity contribution in [3.63, 3.8) is 0 Å². The van der Waals surface area contributed by atoms with E-state index >= 15 is 0 Å². The Morgan fingerprint density at radius 1 is 0.955 bits per heavy atom. The van der Waals surface area contributed by atoms with Crippen LogP contribution in [0.4, 0.5) is 0 Å².